The van der Waals surface area contributed by atoms with E-state index in [9.17, 15) is 9.59 Å². The molecule has 0 aromatic carbocycles. The number of hydrogen-bond donors (Lipinski definition) is 3. The summed E-state index contributed by atoms with van der Waals surface area (Å²) in [5, 5.41) is 20.8. The van der Waals surface area contributed by atoms with Crippen molar-refractivity contribution < 1.29 is 24.5 Å². The minimum atomic E-state index is -1.02. The second-order valence-corrected chi connectivity index (χ2v) is 5.14. The van der Waals surface area contributed by atoms with E-state index in [4.69, 9.17) is 14.9 Å². The minimum Gasteiger partial charge on any atom is -0.480 e. The maximum Gasteiger partial charge on any atom is 0.326 e. The summed E-state index contributed by atoms with van der Waals surface area (Å²) in [7, 11) is 0. The second kappa shape index (κ2) is 8.06. The van der Waals surface area contributed by atoms with Crippen LogP contribution in [0.25, 0.3) is 0 Å². The average Bonchev–Trinajstić information content (AvgIpc) is 2.42. The zero-order valence-electron chi connectivity index (χ0n) is 12.0. The van der Waals surface area contributed by atoms with E-state index in [0.717, 1.165) is 12.8 Å². The Bertz CT molecular complexity index is 337. The molecule has 0 bridgehead atoms. The van der Waals surface area contributed by atoms with Crippen LogP contribution in [-0.4, -0.2) is 65.1 Å². The molecule has 0 aromatic heterocycles. The fraction of sp³-hybridized carbons (Fsp3) is 0.846. The van der Waals surface area contributed by atoms with Crippen LogP contribution in [0.15, 0.2) is 0 Å². The van der Waals surface area contributed by atoms with Crippen molar-refractivity contribution in [2.75, 3.05) is 19.7 Å². The minimum absolute atomic E-state index is 0.160. The molecule has 1 rings (SSSR count). The molecule has 116 valence electrons. The lowest BCUT2D eigenvalue weighted by atomic mass is 10.1. The number of amides is 2. The first-order chi connectivity index (χ1) is 9.47. The van der Waals surface area contributed by atoms with Crippen LogP contribution in [0.5, 0.6) is 0 Å². The van der Waals surface area contributed by atoms with E-state index in [1.807, 2.05) is 13.8 Å². The highest BCUT2D eigenvalue weighted by Crippen LogP contribution is 2.11. The van der Waals surface area contributed by atoms with Gasteiger partial charge in [0.1, 0.15) is 6.04 Å². The largest absolute Gasteiger partial charge is 0.480 e. The van der Waals surface area contributed by atoms with E-state index in [-0.39, 0.29) is 19.3 Å². The van der Waals surface area contributed by atoms with Crippen molar-refractivity contribution in [3.63, 3.8) is 0 Å². The van der Waals surface area contributed by atoms with Crippen LogP contribution in [0.2, 0.25) is 0 Å². The normalized spacial score (nSPS) is 24.2. The van der Waals surface area contributed by atoms with Crippen molar-refractivity contribution in [2.24, 2.45) is 0 Å². The topological polar surface area (TPSA) is 99.1 Å². The third-order valence-corrected chi connectivity index (χ3v) is 3.26. The highest BCUT2D eigenvalue weighted by Gasteiger charge is 2.30. The Hall–Kier alpha value is -1.34. The van der Waals surface area contributed by atoms with E-state index in [1.165, 1.54) is 4.90 Å². The zero-order valence-corrected chi connectivity index (χ0v) is 12.0. The van der Waals surface area contributed by atoms with Gasteiger partial charge in [0.05, 0.1) is 25.4 Å². The molecule has 0 radical (unpaired) electrons. The average molecular weight is 288 g/mol. The van der Waals surface area contributed by atoms with Crippen molar-refractivity contribution in [1.29, 1.82) is 0 Å². The molecule has 0 aliphatic carbocycles. The Morgan fingerprint density at radius 1 is 1.45 bits per heavy atom. The molecule has 1 aliphatic heterocycles. The van der Waals surface area contributed by atoms with Gasteiger partial charge < -0.3 is 25.2 Å². The number of carboxylic acid groups (broad SMARTS) is 1. The molecule has 3 unspecified atom stereocenters. The maximum absolute atomic E-state index is 12.1. The predicted molar refractivity (Wildman–Crippen MR) is 72.5 cm³/mol. The van der Waals surface area contributed by atoms with Crippen molar-refractivity contribution in [3.8, 4) is 0 Å². The van der Waals surface area contributed by atoms with Gasteiger partial charge in [-0.25, -0.2) is 9.59 Å². The predicted octanol–water partition coefficient (Wildman–Crippen LogP) is 0.421. The standard InChI is InChI=1S/C13H24N2O5/c1-3-4-5-11(12(17)18)14-13(19)15-6-9(2)20-10(7-15)8-16/h9-11,16H,3-8H2,1-2H3,(H,14,19)(H,17,18). The number of urea groups is 1. The highest BCUT2D eigenvalue weighted by atomic mass is 16.5. The lowest BCUT2D eigenvalue weighted by Gasteiger charge is -2.36. The molecule has 0 saturated carbocycles. The first-order valence-electron chi connectivity index (χ1n) is 7.02. The first kappa shape index (κ1) is 16.7. The summed E-state index contributed by atoms with van der Waals surface area (Å²) in [6, 6.07) is -1.28. The molecule has 1 heterocycles. The number of rotatable bonds is 6. The molecule has 0 aromatic rings. The van der Waals surface area contributed by atoms with Crippen molar-refractivity contribution in [3.05, 3.63) is 0 Å². The number of morpholine rings is 1. The fourth-order valence-electron chi connectivity index (χ4n) is 2.22. The Morgan fingerprint density at radius 3 is 2.70 bits per heavy atom. The van der Waals surface area contributed by atoms with Gasteiger partial charge in [-0.15, -0.1) is 0 Å². The molecule has 1 aliphatic rings. The molecular formula is C13H24N2O5. The molecule has 3 atom stereocenters. The summed E-state index contributed by atoms with van der Waals surface area (Å²) >= 11 is 0. The van der Waals surface area contributed by atoms with Gasteiger partial charge in [-0.2, -0.15) is 0 Å². The number of aliphatic hydroxyl groups excluding tert-OH is 1. The van der Waals surface area contributed by atoms with Gasteiger partial charge in [0.25, 0.3) is 0 Å². The van der Waals surface area contributed by atoms with Crippen LogP contribution >= 0.6 is 0 Å². The highest BCUT2D eigenvalue weighted by molar-refractivity contribution is 5.82. The molecule has 2 amide bonds. The number of aliphatic hydroxyl groups is 1. The molecule has 0 spiro atoms. The summed E-state index contributed by atoms with van der Waals surface area (Å²) < 4.78 is 5.45. The lowest BCUT2D eigenvalue weighted by molar-refractivity contribution is -0.139. The number of nitrogens with zero attached hydrogens (tertiary/aromatic N) is 1. The number of nitrogens with one attached hydrogen (secondary N) is 1. The SMILES string of the molecule is CCCCC(NC(=O)N1CC(C)OC(CO)C1)C(=O)O. The van der Waals surface area contributed by atoms with Gasteiger partial charge in [0, 0.05) is 6.54 Å². The smallest absolute Gasteiger partial charge is 0.326 e. The van der Waals surface area contributed by atoms with Crippen LogP contribution in [0.1, 0.15) is 33.1 Å². The van der Waals surface area contributed by atoms with Gasteiger partial charge in [0.15, 0.2) is 0 Å². The van der Waals surface area contributed by atoms with Crippen LogP contribution < -0.4 is 5.32 Å². The summed E-state index contributed by atoms with van der Waals surface area (Å²) in [5.74, 6) is -1.02. The Labute approximate surface area is 118 Å². The number of unbranched alkanes of at least 4 members (excludes halogenated alkanes) is 1. The molecular weight excluding hydrogens is 264 g/mol. The summed E-state index contributed by atoms with van der Waals surface area (Å²) in [5.41, 5.74) is 0. The Balaban J connectivity index is 2.56. The Morgan fingerprint density at radius 2 is 2.15 bits per heavy atom. The van der Waals surface area contributed by atoms with Gasteiger partial charge >= 0.3 is 12.0 Å². The van der Waals surface area contributed by atoms with Gasteiger partial charge in [0.2, 0.25) is 0 Å². The van der Waals surface area contributed by atoms with E-state index in [2.05, 4.69) is 5.32 Å². The third kappa shape index (κ3) is 4.97. The van der Waals surface area contributed by atoms with Crippen LogP contribution in [-0.2, 0) is 9.53 Å². The quantitative estimate of drug-likeness (QED) is 0.658. The van der Waals surface area contributed by atoms with Crippen molar-refractivity contribution >= 4 is 12.0 Å². The number of hydrogen-bond acceptors (Lipinski definition) is 4. The van der Waals surface area contributed by atoms with Crippen LogP contribution in [0.3, 0.4) is 0 Å². The maximum atomic E-state index is 12.1. The lowest BCUT2D eigenvalue weighted by Crippen LogP contribution is -2.55. The van der Waals surface area contributed by atoms with Crippen molar-refractivity contribution in [1.82, 2.24) is 10.2 Å². The number of aliphatic carboxylic acids is 1. The van der Waals surface area contributed by atoms with Crippen LogP contribution in [0.4, 0.5) is 4.79 Å². The van der Waals surface area contributed by atoms with E-state index in [0.29, 0.717) is 13.0 Å². The van der Waals surface area contributed by atoms with Crippen molar-refractivity contribution in [2.45, 2.75) is 51.4 Å². The van der Waals surface area contributed by atoms with Gasteiger partial charge in [-0.3, -0.25) is 0 Å². The molecule has 1 saturated heterocycles. The molecule has 3 N–H and O–H groups in total. The number of carbonyl (C=O) groups is 2. The first-order valence-corrected chi connectivity index (χ1v) is 7.02. The molecule has 1 fully saturated rings. The van der Waals surface area contributed by atoms with E-state index < -0.39 is 24.1 Å². The number of ether oxygens (including phenoxy) is 1. The zero-order chi connectivity index (χ0) is 15.1. The Kier molecular flexibility index (Phi) is 6.74. The third-order valence-electron chi connectivity index (χ3n) is 3.26. The second-order valence-electron chi connectivity index (χ2n) is 5.14. The van der Waals surface area contributed by atoms with E-state index >= 15 is 0 Å². The summed E-state index contributed by atoms with van der Waals surface area (Å²) in [4.78, 5) is 24.7. The monoisotopic (exact) mass is 288 g/mol. The van der Waals surface area contributed by atoms with Gasteiger partial charge in [-0.05, 0) is 13.3 Å². The molecule has 7 heteroatoms. The van der Waals surface area contributed by atoms with Gasteiger partial charge in [-0.1, -0.05) is 19.8 Å². The van der Waals surface area contributed by atoms with E-state index in [1.54, 1.807) is 0 Å². The fourth-order valence-corrected chi connectivity index (χ4v) is 2.22. The molecule has 20 heavy (non-hydrogen) atoms. The number of carboxylic acids is 1. The van der Waals surface area contributed by atoms with Crippen LogP contribution in [0, 0.1) is 0 Å². The molecule has 7 nitrogen and oxygen atoms in total. The summed E-state index contributed by atoms with van der Waals surface area (Å²) in [6.07, 6.45) is 1.45. The number of carbonyl (C=O) groups excluding carboxylic acids is 1. The summed E-state index contributed by atoms with van der Waals surface area (Å²) in [6.45, 7) is 4.28.